The first kappa shape index (κ1) is 23.2. The summed E-state index contributed by atoms with van der Waals surface area (Å²) in [5.74, 6) is -0.723. The minimum atomic E-state index is -0.669. The van der Waals surface area contributed by atoms with Crippen LogP contribution < -0.4 is 5.32 Å². The molecule has 7 nitrogen and oxygen atoms in total. The van der Waals surface area contributed by atoms with Gasteiger partial charge in [0.15, 0.2) is 0 Å². The molecule has 9 heteroatoms. The molecule has 0 radical (unpaired) electrons. The van der Waals surface area contributed by atoms with E-state index in [0.717, 1.165) is 42.2 Å². The van der Waals surface area contributed by atoms with Crippen molar-refractivity contribution < 1.29 is 19.2 Å². The largest absolute Gasteiger partial charge is 0.465 e. The molecule has 1 aliphatic carbocycles. The number of fused-ring (bicyclic) bond motifs is 1. The van der Waals surface area contributed by atoms with Crippen molar-refractivity contribution >= 4 is 45.5 Å². The van der Waals surface area contributed by atoms with E-state index in [1.54, 1.807) is 0 Å². The highest BCUT2D eigenvalue weighted by Crippen LogP contribution is 2.45. The SMILES string of the molecule is CCC(C)(C)[C@H]1CCc2c(sc(NC(=O)c3ccc(Cl)cc3[N+](=O)[O-])c2C(=O)OC)C1. The van der Waals surface area contributed by atoms with Gasteiger partial charge in [0.2, 0.25) is 0 Å². The summed E-state index contributed by atoms with van der Waals surface area (Å²) in [5.41, 5.74) is 0.902. The van der Waals surface area contributed by atoms with Gasteiger partial charge < -0.3 is 10.1 Å². The number of nitrogens with one attached hydrogen (secondary N) is 1. The van der Waals surface area contributed by atoms with Crippen molar-refractivity contribution in [2.75, 3.05) is 12.4 Å². The van der Waals surface area contributed by atoms with E-state index in [0.29, 0.717) is 16.5 Å². The lowest BCUT2D eigenvalue weighted by Gasteiger charge is -2.36. The van der Waals surface area contributed by atoms with Crippen molar-refractivity contribution in [1.82, 2.24) is 0 Å². The number of carbonyl (C=O) groups excluding carboxylic acids is 2. The smallest absolute Gasteiger partial charge is 0.341 e. The summed E-state index contributed by atoms with van der Waals surface area (Å²) >= 11 is 7.19. The third-order valence-electron chi connectivity index (χ3n) is 6.30. The summed E-state index contributed by atoms with van der Waals surface area (Å²) in [7, 11) is 1.30. The zero-order valence-electron chi connectivity index (χ0n) is 17.9. The first-order chi connectivity index (χ1) is 14.6. The molecule has 0 unspecified atom stereocenters. The molecule has 1 aliphatic rings. The average molecular weight is 465 g/mol. The highest BCUT2D eigenvalue weighted by Gasteiger charge is 2.36. The molecular formula is C22H25ClN2O5S. The monoisotopic (exact) mass is 464 g/mol. The van der Waals surface area contributed by atoms with Crippen molar-refractivity contribution in [3.05, 3.63) is 54.9 Å². The molecule has 1 aromatic carbocycles. The molecule has 0 aliphatic heterocycles. The predicted molar refractivity (Wildman–Crippen MR) is 121 cm³/mol. The van der Waals surface area contributed by atoms with Crippen LogP contribution in [0.1, 0.15) is 64.8 Å². The summed E-state index contributed by atoms with van der Waals surface area (Å²) in [6.45, 7) is 6.67. The van der Waals surface area contributed by atoms with Gasteiger partial charge in [0.25, 0.3) is 11.6 Å². The number of nitro benzene ring substituents is 1. The van der Waals surface area contributed by atoms with Crippen LogP contribution in [-0.4, -0.2) is 23.9 Å². The Bertz CT molecular complexity index is 1050. The maximum atomic E-state index is 12.9. The number of carbonyl (C=O) groups is 2. The number of rotatable bonds is 6. The molecule has 31 heavy (non-hydrogen) atoms. The quantitative estimate of drug-likeness (QED) is 0.326. The Morgan fingerprint density at radius 3 is 2.71 bits per heavy atom. The number of esters is 1. The van der Waals surface area contributed by atoms with Crippen molar-refractivity contribution in [2.24, 2.45) is 11.3 Å². The topological polar surface area (TPSA) is 98.5 Å². The van der Waals surface area contributed by atoms with E-state index in [-0.39, 0.29) is 16.0 Å². The van der Waals surface area contributed by atoms with E-state index in [1.165, 1.54) is 30.6 Å². The van der Waals surface area contributed by atoms with Crippen LogP contribution in [0.4, 0.5) is 10.7 Å². The number of anilines is 1. The van der Waals surface area contributed by atoms with Gasteiger partial charge in [0.1, 0.15) is 10.6 Å². The first-order valence-corrected chi connectivity index (χ1v) is 11.3. The van der Waals surface area contributed by atoms with Crippen molar-refractivity contribution in [3.8, 4) is 0 Å². The fraction of sp³-hybridized carbons (Fsp3) is 0.455. The molecular weight excluding hydrogens is 440 g/mol. The van der Waals surface area contributed by atoms with Gasteiger partial charge in [0.05, 0.1) is 17.6 Å². The Labute approximate surface area is 189 Å². The minimum Gasteiger partial charge on any atom is -0.465 e. The number of nitro groups is 1. The van der Waals surface area contributed by atoms with Gasteiger partial charge in [-0.1, -0.05) is 38.8 Å². The molecule has 0 fully saturated rings. The van der Waals surface area contributed by atoms with E-state index in [9.17, 15) is 19.7 Å². The standard InChI is InChI=1S/C22H25ClN2O5S/c1-5-22(2,3)12-6-8-15-17(10-12)31-20(18(15)21(27)30-4)24-19(26)14-9-7-13(23)11-16(14)25(28)29/h7,9,11-12H,5-6,8,10H2,1-4H3,(H,24,26)/t12-/m0/s1. The van der Waals surface area contributed by atoms with Crippen molar-refractivity contribution in [1.29, 1.82) is 0 Å². The maximum Gasteiger partial charge on any atom is 0.341 e. The number of nitrogens with zero attached hydrogens (tertiary/aromatic N) is 1. The number of thiophene rings is 1. The van der Waals surface area contributed by atoms with Gasteiger partial charge in [-0.05, 0) is 48.3 Å². The Morgan fingerprint density at radius 2 is 2.10 bits per heavy atom. The van der Waals surface area contributed by atoms with Gasteiger partial charge in [-0.3, -0.25) is 14.9 Å². The van der Waals surface area contributed by atoms with Crippen LogP contribution in [0.3, 0.4) is 0 Å². The van der Waals surface area contributed by atoms with E-state index in [1.807, 2.05) is 0 Å². The minimum absolute atomic E-state index is 0.124. The van der Waals surface area contributed by atoms with Crippen molar-refractivity contribution in [2.45, 2.75) is 46.5 Å². The van der Waals surface area contributed by atoms with Gasteiger partial charge in [-0.25, -0.2) is 4.79 Å². The zero-order valence-corrected chi connectivity index (χ0v) is 19.5. The number of halogens is 1. The summed E-state index contributed by atoms with van der Waals surface area (Å²) in [5, 5.41) is 14.6. The molecule has 0 saturated carbocycles. The zero-order chi connectivity index (χ0) is 22.9. The number of methoxy groups -OCH3 is 1. The molecule has 3 rings (SSSR count). The highest BCUT2D eigenvalue weighted by atomic mass is 35.5. The summed E-state index contributed by atoms with van der Waals surface area (Å²) in [6, 6.07) is 3.86. The molecule has 0 saturated heterocycles. The molecule has 1 heterocycles. The van der Waals surface area contributed by atoms with Crippen LogP contribution in [-0.2, 0) is 17.6 Å². The van der Waals surface area contributed by atoms with Gasteiger partial charge in [0, 0.05) is 16.0 Å². The second-order valence-electron chi connectivity index (χ2n) is 8.35. The molecule has 1 aromatic heterocycles. The number of hydrogen-bond donors (Lipinski definition) is 1. The molecule has 2 aromatic rings. The van der Waals surface area contributed by atoms with Crippen LogP contribution in [0.25, 0.3) is 0 Å². The second kappa shape index (κ2) is 8.96. The van der Waals surface area contributed by atoms with Crippen molar-refractivity contribution in [3.63, 3.8) is 0 Å². The van der Waals surface area contributed by atoms with E-state index < -0.39 is 22.5 Å². The number of benzene rings is 1. The highest BCUT2D eigenvalue weighted by molar-refractivity contribution is 7.17. The first-order valence-electron chi connectivity index (χ1n) is 10.1. The Hall–Kier alpha value is -2.45. The average Bonchev–Trinajstić information content (AvgIpc) is 3.09. The third-order valence-corrected chi connectivity index (χ3v) is 7.70. The van der Waals surface area contributed by atoms with E-state index in [4.69, 9.17) is 16.3 Å². The lowest BCUT2D eigenvalue weighted by Crippen LogP contribution is -2.28. The Balaban J connectivity index is 1.98. The predicted octanol–water partition coefficient (Wildman–Crippen LogP) is 5.89. The fourth-order valence-electron chi connectivity index (χ4n) is 3.97. The number of hydrogen-bond acceptors (Lipinski definition) is 6. The molecule has 1 atom stereocenters. The Kier molecular flexibility index (Phi) is 6.71. The lowest BCUT2D eigenvalue weighted by atomic mass is 9.69. The molecule has 0 bridgehead atoms. The Morgan fingerprint density at radius 1 is 1.39 bits per heavy atom. The number of amides is 1. The molecule has 166 valence electrons. The number of ether oxygens (including phenoxy) is 1. The van der Waals surface area contributed by atoms with Crippen LogP contribution in [0.15, 0.2) is 18.2 Å². The molecule has 0 spiro atoms. The normalized spacial score (nSPS) is 15.8. The summed E-state index contributed by atoms with van der Waals surface area (Å²) < 4.78 is 4.97. The van der Waals surface area contributed by atoms with Crippen LogP contribution in [0, 0.1) is 21.4 Å². The summed E-state index contributed by atoms with van der Waals surface area (Å²) in [6.07, 6.45) is 3.54. The van der Waals surface area contributed by atoms with Crippen LogP contribution in [0.2, 0.25) is 5.02 Å². The molecule has 1 N–H and O–H groups in total. The second-order valence-corrected chi connectivity index (χ2v) is 9.90. The molecule has 1 amide bonds. The fourth-order valence-corrected chi connectivity index (χ4v) is 5.44. The van der Waals surface area contributed by atoms with Gasteiger partial charge in [-0.2, -0.15) is 0 Å². The third kappa shape index (κ3) is 4.60. The van der Waals surface area contributed by atoms with E-state index >= 15 is 0 Å². The maximum absolute atomic E-state index is 12.9. The summed E-state index contributed by atoms with van der Waals surface area (Å²) in [4.78, 5) is 37.2. The lowest BCUT2D eigenvalue weighted by molar-refractivity contribution is -0.385. The van der Waals surface area contributed by atoms with Gasteiger partial charge in [-0.15, -0.1) is 11.3 Å². The van der Waals surface area contributed by atoms with E-state index in [2.05, 4.69) is 26.1 Å². The van der Waals surface area contributed by atoms with Crippen LogP contribution in [0.5, 0.6) is 0 Å². The van der Waals surface area contributed by atoms with Gasteiger partial charge >= 0.3 is 5.97 Å². The van der Waals surface area contributed by atoms with Crippen LogP contribution >= 0.6 is 22.9 Å².